The Morgan fingerprint density at radius 3 is 2.51 bits per heavy atom. The lowest BCUT2D eigenvalue weighted by Gasteiger charge is -2.52. The van der Waals surface area contributed by atoms with Crippen LogP contribution < -0.4 is 10.1 Å². The Morgan fingerprint density at radius 1 is 1.07 bits per heavy atom. The van der Waals surface area contributed by atoms with Crippen LogP contribution in [0.1, 0.15) is 96.5 Å². The average Bonchev–Trinajstić information content (AvgIpc) is 3.56. The van der Waals surface area contributed by atoms with Gasteiger partial charge < -0.3 is 24.4 Å². The molecule has 1 saturated carbocycles. The fraction of sp³-hybridized carbons (Fsp3) is 0.686. The van der Waals surface area contributed by atoms with Crippen molar-refractivity contribution in [2.75, 3.05) is 27.3 Å². The van der Waals surface area contributed by atoms with Gasteiger partial charge in [0, 0.05) is 31.1 Å². The van der Waals surface area contributed by atoms with E-state index in [4.69, 9.17) is 14.2 Å². The predicted octanol–water partition coefficient (Wildman–Crippen LogP) is 5.97. The third-order valence-electron chi connectivity index (χ3n) is 9.80. The van der Waals surface area contributed by atoms with E-state index in [2.05, 4.69) is 18.3 Å². The zero-order valence-corrected chi connectivity index (χ0v) is 26.7. The Labute approximate surface area is 257 Å². The molecule has 8 heteroatoms. The van der Waals surface area contributed by atoms with Gasteiger partial charge in [0.05, 0.1) is 26.4 Å². The first-order chi connectivity index (χ1) is 20.8. The maximum absolute atomic E-state index is 14.1. The molecule has 2 aliphatic heterocycles. The Hall–Kier alpha value is -2.87. The van der Waals surface area contributed by atoms with Crippen LogP contribution in [0.3, 0.4) is 0 Å². The molecule has 0 unspecified atom stereocenters. The van der Waals surface area contributed by atoms with E-state index in [0.717, 1.165) is 49.1 Å². The summed E-state index contributed by atoms with van der Waals surface area (Å²) in [4.78, 5) is 42.9. The van der Waals surface area contributed by atoms with Gasteiger partial charge >= 0.3 is 5.97 Å². The zero-order chi connectivity index (χ0) is 30.8. The highest BCUT2D eigenvalue weighted by Crippen LogP contribution is 2.51. The molecule has 2 fully saturated rings. The van der Waals surface area contributed by atoms with Gasteiger partial charge in [-0.15, -0.1) is 0 Å². The Kier molecular flexibility index (Phi) is 12.1. The zero-order valence-electron chi connectivity index (χ0n) is 26.7. The molecule has 1 N–H and O–H groups in total. The van der Waals surface area contributed by atoms with E-state index in [1.54, 1.807) is 7.11 Å². The smallest absolute Gasteiger partial charge is 0.320 e. The van der Waals surface area contributed by atoms with Crippen LogP contribution in [-0.2, 0) is 30.3 Å². The van der Waals surface area contributed by atoms with Gasteiger partial charge in [0.15, 0.2) is 0 Å². The number of benzene rings is 1. The standard InChI is InChI=1S/C35H52N2O6/c1-5-6-7-8-9-14-21-37-31-23-30(26-15-10-11-16-26)43-25(2)35(31,34(40)42-4)24-28(33(37)39)22-32(38)36-20-19-27-17-12-13-18-29(27)41-3/h12-13,17-18,23,25-26,28,30H,5-11,14-16,19-22,24H2,1-4H3,(H,36,38)/t25-,28+,30-,35+/m1/s1. The number of hydrogen-bond donors (Lipinski definition) is 1. The van der Waals surface area contributed by atoms with Crippen molar-refractivity contribution in [3.05, 3.63) is 41.6 Å². The van der Waals surface area contributed by atoms with Crippen LogP contribution in [0.2, 0.25) is 0 Å². The molecule has 0 bridgehead atoms. The van der Waals surface area contributed by atoms with Crippen molar-refractivity contribution in [2.24, 2.45) is 17.3 Å². The largest absolute Gasteiger partial charge is 0.496 e. The molecule has 1 aliphatic carbocycles. The van der Waals surface area contributed by atoms with Gasteiger partial charge in [-0.2, -0.15) is 0 Å². The van der Waals surface area contributed by atoms with Gasteiger partial charge in [-0.05, 0) is 62.7 Å². The molecule has 43 heavy (non-hydrogen) atoms. The number of carbonyl (C=O) groups is 3. The summed E-state index contributed by atoms with van der Waals surface area (Å²) in [5, 5.41) is 2.99. The fourth-order valence-corrected chi connectivity index (χ4v) is 7.37. The molecule has 0 radical (unpaired) electrons. The second kappa shape index (κ2) is 15.7. The number of nitrogens with one attached hydrogen (secondary N) is 1. The van der Waals surface area contributed by atoms with Crippen LogP contribution in [0.4, 0.5) is 0 Å². The Balaban J connectivity index is 1.54. The van der Waals surface area contributed by atoms with Crippen molar-refractivity contribution in [2.45, 2.75) is 110 Å². The molecule has 4 atom stereocenters. The summed E-state index contributed by atoms with van der Waals surface area (Å²) in [6, 6.07) is 7.74. The number of likely N-dealkylation sites (tertiary alicyclic amines) is 1. The van der Waals surface area contributed by atoms with Crippen molar-refractivity contribution < 1.29 is 28.6 Å². The number of para-hydroxylation sites is 1. The lowest BCUT2D eigenvalue weighted by atomic mass is 9.66. The monoisotopic (exact) mass is 596 g/mol. The minimum absolute atomic E-state index is 0.0164. The van der Waals surface area contributed by atoms with Crippen molar-refractivity contribution >= 4 is 17.8 Å². The van der Waals surface area contributed by atoms with E-state index in [1.165, 1.54) is 39.2 Å². The number of amides is 2. The van der Waals surface area contributed by atoms with Crippen molar-refractivity contribution in [3.8, 4) is 5.75 Å². The quantitative estimate of drug-likeness (QED) is 0.198. The molecule has 8 nitrogen and oxygen atoms in total. The van der Waals surface area contributed by atoms with E-state index >= 15 is 0 Å². The van der Waals surface area contributed by atoms with E-state index in [1.807, 2.05) is 36.1 Å². The number of hydrogen-bond acceptors (Lipinski definition) is 6. The highest BCUT2D eigenvalue weighted by molar-refractivity contribution is 5.92. The van der Waals surface area contributed by atoms with Gasteiger partial charge in [0.2, 0.25) is 11.8 Å². The maximum Gasteiger partial charge on any atom is 0.320 e. The molecular weight excluding hydrogens is 544 g/mol. The third kappa shape index (κ3) is 7.62. The van der Waals surface area contributed by atoms with E-state index in [-0.39, 0.29) is 30.8 Å². The normalized spacial score (nSPS) is 25.7. The number of carbonyl (C=O) groups excluding carboxylic acids is 3. The van der Waals surface area contributed by atoms with Gasteiger partial charge in [0.25, 0.3) is 0 Å². The molecular formula is C35H52N2O6. The number of piperidine rings is 1. The Bertz CT molecular complexity index is 1130. The highest BCUT2D eigenvalue weighted by atomic mass is 16.5. The molecule has 0 aromatic heterocycles. The maximum atomic E-state index is 14.1. The van der Waals surface area contributed by atoms with E-state index < -0.39 is 23.4 Å². The SMILES string of the molecule is CCCCCCCCN1C(=O)[C@@H](CC(=O)NCCc2ccccc2OC)C[C@@]2(C(=O)OC)C1=C[C@H](C1CCCC1)O[C@@H]2C. The van der Waals surface area contributed by atoms with Gasteiger partial charge in [-0.3, -0.25) is 14.4 Å². The minimum Gasteiger partial charge on any atom is -0.496 e. The van der Waals surface area contributed by atoms with Crippen LogP contribution in [0.5, 0.6) is 5.75 Å². The number of unbranched alkanes of at least 4 members (excludes halogenated alkanes) is 5. The van der Waals surface area contributed by atoms with Gasteiger partial charge in [0.1, 0.15) is 11.2 Å². The van der Waals surface area contributed by atoms with Crippen LogP contribution in [0.25, 0.3) is 0 Å². The van der Waals surface area contributed by atoms with E-state index in [9.17, 15) is 14.4 Å². The summed E-state index contributed by atoms with van der Waals surface area (Å²) in [7, 11) is 3.04. The summed E-state index contributed by atoms with van der Waals surface area (Å²) in [6.45, 7) is 5.10. The number of fused-ring (bicyclic) bond motifs is 1. The van der Waals surface area contributed by atoms with Crippen molar-refractivity contribution in [1.82, 2.24) is 10.2 Å². The number of methoxy groups -OCH3 is 2. The second-order valence-electron chi connectivity index (χ2n) is 12.6. The first-order valence-corrected chi connectivity index (χ1v) is 16.5. The number of rotatable bonds is 15. The number of esters is 1. The summed E-state index contributed by atoms with van der Waals surface area (Å²) in [5.41, 5.74) is 0.623. The number of ether oxygens (including phenoxy) is 3. The first-order valence-electron chi connectivity index (χ1n) is 16.5. The average molecular weight is 597 g/mol. The Morgan fingerprint density at radius 2 is 1.79 bits per heavy atom. The molecule has 2 amide bonds. The summed E-state index contributed by atoms with van der Waals surface area (Å²) >= 11 is 0. The molecule has 1 aromatic carbocycles. The third-order valence-corrected chi connectivity index (χ3v) is 9.80. The minimum atomic E-state index is -1.12. The number of nitrogens with zero attached hydrogens (tertiary/aromatic N) is 1. The molecule has 2 heterocycles. The summed E-state index contributed by atoms with van der Waals surface area (Å²) in [6.07, 6.45) is 13.4. The van der Waals surface area contributed by atoms with Crippen LogP contribution >= 0.6 is 0 Å². The predicted molar refractivity (Wildman–Crippen MR) is 166 cm³/mol. The lowest BCUT2D eigenvalue weighted by Crippen LogP contribution is -2.60. The molecule has 238 valence electrons. The van der Waals surface area contributed by atoms with Crippen molar-refractivity contribution in [3.63, 3.8) is 0 Å². The molecule has 4 rings (SSSR count). The molecule has 1 aromatic rings. The summed E-state index contributed by atoms with van der Waals surface area (Å²) in [5.74, 6) is -0.129. The fourth-order valence-electron chi connectivity index (χ4n) is 7.37. The summed E-state index contributed by atoms with van der Waals surface area (Å²) < 4.78 is 17.4. The van der Waals surface area contributed by atoms with Gasteiger partial charge in [-0.1, -0.05) is 70.1 Å². The second-order valence-corrected chi connectivity index (χ2v) is 12.6. The molecule has 3 aliphatic rings. The lowest BCUT2D eigenvalue weighted by molar-refractivity contribution is -0.177. The first kappa shape index (κ1) is 33.0. The molecule has 0 spiro atoms. The topological polar surface area (TPSA) is 94.2 Å². The molecule has 1 saturated heterocycles. The van der Waals surface area contributed by atoms with Gasteiger partial charge in [-0.25, -0.2) is 0 Å². The van der Waals surface area contributed by atoms with Crippen LogP contribution in [-0.4, -0.2) is 62.2 Å². The van der Waals surface area contributed by atoms with Crippen LogP contribution in [0, 0.1) is 17.3 Å². The van der Waals surface area contributed by atoms with Crippen LogP contribution in [0.15, 0.2) is 36.0 Å². The van der Waals surface area contributed by atoms with Crippen molar-refractivity contribution in [1.29, 1.82) is 0 Å². The van der Waals surface area contributed by atoms with E-state index in [0.29, 0.717) is 25.4 Å². The highest BCUT2D eigenvalue weighted by Gasteiger charge is 2.60.